The fraction of sp³-hybridized carbons (Fsp3) is 0.381. The number of para-hydroxylation sites is 2. The van der Waals surface area contributed by atoms with Crippen molar-refractivity contribution in [1.29, 1.82) is 0 Å². The molecule has 0 aliphatic heterocycles. The molecule has 0 saturated heterocycles. The van der Waals surface area contributed by atoms with Crippen molar-refractivity contribution in [3.63, 3.8) is 0 Å². The van der Waals surface area contributed by atoms with Gasteiger partial charge in [0, 0.05) is 5.69 Å². The van der Waals surface area contributed by atoms with E-state index in [1.165, 1.54) is 18.2 Å². The maximum Gasteiger partial charge on any atom is 0.248 e. The molecule has 0 radical (unpaired) electrons. The molecule has 2 rings (SSSR count). The number of hydrogen-bond acceptors (Lipinski definition) is 3. The van der Waals surface area contributed by atoms with Crippen molar-refractivity contribution in [3.05, 3.63) is 59.4 Å². The second-order valence-electron chi connectivity index (χ2n) is 6.58. The van der Waals surface area contributed by atoms with Crippen LogP contribution in [0.15, 0.2) is 42.5 Å². The number of sulfonamides is 1. The summed E-state index contributed by atoms with van der Waals surface area (Å²) < 4.78 is 40.2. The molecule has 0 unspecified atom stereocenters. The predicted octanol–water partition coefficient (Wildman–Crippen LogP) is 4.13. The Balaban J connectivity index is 2.48. The number of carbonyl (C=O) groups is 1. The van der Waals surface area contributed by atoms with Crippen LogP contribution in [0.2, 0.25) is 0 Å². The first-order chi connectivity index (χ1) is 13.2. The Morgan fingerprint density at radius 3 is 2.07 bits per heavy atom. The van der Waals surface area contributed by atoms with Gasteiger partial charge in [-0.1, -0.05) is 51.1 Å². The molecule has 7 heteroatoms. The molecule has 152 valence electrons. The maximum absolute atomic E-state index is 14.4. The van der Waals surface area contributed by atoms with E-state index < -0.39 is 27.8 Å². The highest BCUT2D eigenvalue weighted by molar-refractivity contribution is 7.92. The summed E-state index contributed by atoms with van der Waals surface area (Å²) in [7, 11) is -3.89. The normalized spacial score (nSPS) is 12.5. The number of carbonyl (C=O) groups excluding carboxylic acids is 1. The van der Waals surface area contributed by atoms with E-state index in [0.29, 0.717) is 5.69 Å². The summed E-state index contributed by atoms with van der Waals surface area (Å²) in [5.74, 6) is -1.17. The Labute approximate surface area is 166 Å². The standard InChI is InChI=1S/C21H27FN2O3S/c1-5-15-11-10-12-16(6-2)20(15)23-21(25)18(7-3)24(28(4,26)27)19-14-9-8-13-17(19)22/h8-14,18H,5-7H2,1-4H3,(H,23,25)/t18-/m0/s1. The molecule has 2 aromatic carbocycles. The maximum atomic E-state index is 14.4. The molecule has 0 heterocycles. The average molecular weight is 407 g/mol. The van der Waals surface area contributed by atoms with Crippen molar-refractivity contribution < 1.29 is 17.6 Å². The minimum Gasteiger partial charge on any atom is -0.324 e. The molecule has 28 heavy (non-hydrogen) atoms. The molecule has 0 bridgehead atoms. The molecule has 0 aliphatic rings. The smallest absolute Gasteiger partial charge is 0.248 e. The van der Waals surface area contributed by atoms with Gasteiger partial charge in [0.2, 0.25) is 15.9 Å². The van der Waals surface area contributed by atoms with Crippen LogP contribution in [0.4, 0.5) is 15.8 Å². The minimum atomic E-state index is -3.89. The topological polar surface area (TPSA) is 66.5 Å². The number of benzene rings is 2. The van der Waals surface area contributed by atoms with E-state index >= 15 is 0 Å². The van der Waals surface area contributed by atoms with E-state index in [4.69, 9.17) is 0 Å². The number of halogens is 1. The lowest BCUT2D eigenvalue weighted by Gasteiger charge is -2.30. The largest absolute Gasteiger partial charge is 0.324 e. The monoisotopic (exact) mass is 406 g/mol. The van der Waals surface area contributed by atoms with Crippen LogP contribution >= 0.6 is 0 Å². The van der Waals surface area contributed by atoms with Crippen LogP contribution in [-0.2, 0) is 27.7 Å². The Morgan fingerprint density at radius 2 is 1.61 bits per heavy atom. The van der Waals surface area contributed by atoms with Gasteiger partial charge in [-0.05, 0) is 42.5 Å². The first-order valence-electron chi connectivity index (χ1n) is 9.40. The number of amides is 1. The second kappa shape index (κ2) is 9.19. The van der Waals surface area contributed by atoms with E-state index in [0.717, 1.165) is 34.5 Å². The summed E-state index contributed by atoms with van der Waals surface area (Å²) >= 11 is 0. The molecule has 0 aromatic heterocycles. The summed E-state index contributed by atoms with van der Waals surface area (Å²) in [6, 6.07) is 10.3. The molecular formula is C21H27FN2O3S. The van der Waals surface area contributed by atoms with Gasteiger partial charge in [-0.2, -0.15) is 0 Å². The molecule has 0 fully saturated rings. The molecule has 5 nitrogen and oxygen atoms in total. The van der Waals surface area contributed by atoms with Gasteiger partial charge in [-0.15, -0.1) is 0 Å². The van der Waals surface area contributed by atoms with Gasteiger partial charge >= 0.3 is 0 Å². The third-order valence-electron chi connectivity index (χ3n) is 4.67. The highest BCUT2D eigenvalue weighted by atomic mass is 32.2. The zero-order valence-corrected chi connectivity index (χ0v) is 17.5. The van der Waals surface area contributed by atoms with Crippen molar-refractivity contribution in [2.24, 2.45) is 0 Å². The van der Waals surface area contributed by atoms with Crippen LogP contribution in [0.5, 0.6) is 0 Å². The minimum absolute atomic E-state index is 0.133. The highest BCUT2D eigenvalue weighted by Crippen LogP contribution is 2.28. The number of hydrogen-bond donors (Lipinski definition) is 1. The SMILES string of the molecule is CCc1cccc(CC)c1NC(=O)[C@H](CC)N(c1ccccc1F)S(C)(=O)=O. The Hall–Kier alpha value is -2.41. The number of nitrogens with one attached hydrogen (secondary N) is 1. The first kappa shape index (κ1) is 21.9. The fourth-order valence-electron chi connectivity index (χ4n) is 3.28. The van der Waals surface area contributed by atoms with E-state index in [-0.39, 0.29) is 12.1 Å². The van der Waals surface area contributed by atoms with Crippen LogP contribution < -0.4 is 9.62 Å². The van der Waals surface area contributed by atoms with Gasteiger partial charge < -0.3 is 5.32 Å². The number of rotatable bonds is 8. The number of anilines is 2. The van der Waals surface area contributed by atoms with Gasteiger partial charge in [0.15, 0.2) is 0 Å². The van der Waals surface area contributed by atoms with E-state index in [2.05, 4.69) is 5.32 Å². The number of aryl methyl sites for hydroxylation is 2. The van der Waals surface area contributed by atoms with Crippen LogP contribution in [-0.4, -0.2) is 26.6 Å². The summed E-state index contributed by atoms with van der Waals surface area (Å²) in [6.45, 7) is 5.68. The van der Waals surface area contributed by atoms with Crippen molar-refractivity contribution in [2.75, 3.05) is 15.9 Å². The Kier molecular flexibility index (Phi) is 7.18. The van der Waals surface area contributed by atoms with E-state index in [1.807, 2.05) is 32.0 Å². The predicted molar refractivity (Wildman–Crippen MR) is 112 cm³/mol. The highest BCUT2D eigenvalue weighted by Gasteiger charge is 2.33. The van der Waals surface area contributed by atoms with Gasteiger partial charge in [-0.3, -0.25) is 9.10 Å². The first-order valence-corrected chi connectivity index (χ1v) is 11.2. The van der Waals surface area contributed by atoms with Crippen molar-refractivity contribution in [2.45, 2.75) is 46.1 Å². The molecular weight excluding hydrogens is 379 g/mol. The molecule has 2 aromatic rings. The van der Waals surface area contributed by atoms with Gasteiger partial charge in [0.1, 0.15) is 11.9 Å². The third-order valence-corrected chi connectivity index (χ3v) is 5.83. The third kappa shape index (κ3) is 4.70. The van der Waals surface area contributed by atoms with Gasteiger partial charge in [0.05, 0.1) is 11.9 Å². The molecule has 1 N–H and O–H groups in total. The summed E-state index contributed by atoms with van der Waals surface area (Å²) in [6.07, 6.45) is 2.63. The van der Waals surface area contributed by atoms with Crippen molar-refractivity contribution in [1.82, 2.24) is 0 Å². The van der Waals surface area contributed by atoms with Crippen LogP contribution in [0.1, 0.15) is 38.3 Å². The van der Waals surface area contributed by atoms with Crippen LogP contribution in [0.3, 0.4) is 0 Å². The van der Waals surface area contributed by atoms with Crippen LogP contribution in [0.25, 0.3) is 0 Å². The number of nitrogens with zero attached hydrogens (tertiary/aromatic N) is 1. The summed E-state index contributed by atoms with van der Waals surface area (Å²) in [5.41, 5.74) is 2.52. The van der Waals surface area contributed by atoms with Gasteiger partial charge in [0.25, 0.3) is 0 Å². The zero-order chi connectivity index (χ0) is 20.9. The van der Waals surface area contributed by atoms with Crippen LogP contribution in [0, 0.1) is 5.82 Å². The lowest BCUT2D eigenvalue weighted by atomic mass is 10.0. The lowest BCUT2D eigenvalue weighted by Crippen LogP contribution is -2.47. The Morgan fingerprint density at radius 1 is 1.04 bits per heavy atom. The molecule has 1 amide bonds. The zero-order valence-electron chi connectivity index (χ0n) is 16.7. The summed E-state index contributed by atoms with van der Waals surface area (Å²) in [5, 5.41) is 2.91. The second-order valence-corrected chi connectivity index (χ2v) is 8.44. The lowest BCUT2D eigenvalue weighted by molar-refractivity contribution is -0.117. The van der Waals surface area contributed by atoms with E-state index in [9.17, 15) is 17.6 Å². The Bertz CT molecular complexity index is 922. The molecule has 1 atom stereocenters. The molecule has 0 aliphatic carbocycles. The quantitative estimate of drug-likeness (QED) is 0.717. The average Bonchev–Trinajstić information content (AvgIpc) is 2.65. The van der Waals surface area contributed by atoms with Gasteiger partial charge in [-0.25, -0.2) is 12.8 Å². The fourth-order valence-corrected chi connectivity index (χ4v) is 4.49. The van der Waals surface area contributed by atoms with Crippen molar-refractivity contribution in [3.8, 4) is 0 Å². The molecule has 0 saturated carbocycles. The van der Waals surface area contributed by atoms with Crippen molar-refractivity contribution >= 4 is 27.3 Å². The summed E-state index contributed by atoms with van der Waals surface area (Å²) in [4.78, 5) is 13.1. The molecule has 0 spiro atoms. The van der Waals surface area contributed by atoms with E-state index in [1.54, 1.807) is 13.0 Å².